The van der Waals surface area contributed by atoms with Crippen molar-refractivity contribution in [3.8, 4) is 0 Å². The molecule has 0 heterocycles. The summed E-state index contributed by atoms with van der Waals surface area (Å²) in [6.07, 6.45) is 2.45. The first kappa shape index (κ1) is 15.4. The number of carbonyl (C=O) groups is 1. The third-order valence-corrected chi connectivity index (χ3v) is 2.93. The lowest BCUT2D eigenvalue weighted by Gasteiger charge is -2.04. The quantitative estimate of drug-likeness (QED) is 0.531. The third kappa shape index (κ3) is 3.76. The van der Waals surface area contributed by atoms with Crippen LogP contribution in [0.4, 0.5) is 15.8 Å². The van der Waals surface area contributed by atoms with Crippen molar-refractivity contribution in [3.05, 3.63) is 75.6 Å². The van der Waals surface area contributed by atoms with Gasteiger partial charge in [-0.2, -0.15) is 0 Å². The van der Waals surface area contributed by atoms with Gasteiger partial charge in [-0.1, -0.05) is 18.2 Å². The largest absolute Gasteiger partial charge is 0.320 e. The van der Waals surface area contributed by atoms with Gasteiger partial charge in [-0.05, 0) is 36.8 Å². The summed E-state index contributed by atoms with van der Waals surface area (Å²) in [5.74, 6) is -1.11. The van der Waals surface area contributed by atoms with E-state index in [-0.39, 0.29) is 11.4 Å². The number of halogens is 1. The molecule has 2 aromatic rings. The van der Waals surface area contributed by atoms with Gasteiger partial charge in [0.25, 0.3) is 5.69 Å². The van der Waals surface area contributed by atoms with E-state index in [1.165, 1.54) is 36.4 Å². The Morgan fingerprint density at radius 3 is 2.73 bits per heavy atom. The van der Waals surface area contributed by atoms with Gasteiger partial charge in [0.05, 0.1) is 16.2 Å². The fourth-order valence-electron chi connectivity index (χ4n) is 1.87. The number of hydrogen-bond acceptors (Lipinski definition) is 3. The number of anilines is 1. The Kier molecular flexibility index (Phi) is 4.63. The molecule has 0 aliphatic carbocycles. The molecule has 1 N–H and O–H groups in total. The average Bonchev–Trinajstić information content (AvgIpc) is 2.49. The van der Waals surface area contributed by atoms with Gasteiger partial charge in [-0.15, -0.1) is 0 Å². The zero-order chi connectivity index (χ0) is 16.1. The minimum absolute atomic E-state index is 0.0669. The Morgan fingerprint density at radius 2 is 2.00 bits per heavy atom. The van der Waals surface area contributed by atoms with Crippen LogP contribution in [0.1, 0.15) is 11.1 Å². The van der Waals surface area contributed by atoms with Crippen molar-refractivity contribution in [1.82, 2.24) is 0 Å². The van der Waals surface area contributed by atoms with Crippen molar-refractivity contribution in [1.29, 1.82) is 0 Å². The second-order valence-corrected chi connectivity index (χ2v) is 4.62. The topological polar surface area (TPSA) is 72.2 Å². The molecule has 0 saturated heterocycles. The van der Waals surface area contributed by atoms with Gasteiger partial charge in [0, 0.05) is 12.1 Å². The first-order chi connectivity index (χ1) is 10.5. The lowest BCUT2D eigenvalue weighted by Crippen LogP contribution is -2.09. The Morgan fingerprint density at radius 1 is 1.27 bits per heavy atom. The van der Waals surface area contributed by atoms with Crippen LogP contribution >= 0.6 is 0 Å². The van der Waals surface area contributed by atoms with Gasteiger partial charge in [0.1, 0.15) is 5.82 Å². The van der Waals surface area contributed by atoms with Crippen molar-refractivity contribution in [2.75, 3.05) is 5.32 Å². The molecule has 0 bridgehead atoms. The molecule has 0 aliphatic rings. The molecule has 2 aromatic carbocycles. The van der Waals surface area contributed by atoms with Crippen LogP contribution in [0.3, 0.4) is 0 Å². The van der Waals surface area contributed by atoms with E-state index in [9.17, 15) is 19.3 Å². The summed E-state index contributed by atoms with van der Waals surface area (Å²) in [5, 5.41) is 13.3. The molecule has 22 heavy (non-hydrogen) atoms. The van der Waals surface area contributed by atoms with Crippen LogP contribution < -0.4 is 5.32 Å². The summed E-state index contributed by atoms with van der Waals surface area (Å²) < 4.78 is 13.5. The maximum absolute atomic E-state index is 13.5. The van der Waals surface area contributed by atoms with Gasteiger partial charge in [0.15, 0.2) is 0 Å². The van der Waals surface area contributed by atoms with Crippen LogP contribution in [0.2, 0.25) is 0 Å². The minimum atomic E-state index is -0.567. The Labute approximate surface area is 126 Å². The molecule has 0 aromatic heterocycles. The van der Waals surface area contributed by atoms with Gasteiger partial charge in [-0.25, -0.2) is 4.39 Å². The number of amides is 1. The minimum Gasteiger partial charge on any atom is -0.320 e. The number of carbonyl (C=O) groups excluding carboxylic acids is 1. The van der Waals surface area contributed by atoms with E-state index in [2.05, 4.69) is 5.32 Å². The summed E-state index contributed by atoms with van der Waals surface area (Å²) in [6.45, 7) is 1.78. The molecule has 0 aliphatic heterocycles. The van der Waals surface area contributed by atoms with E-state index in [1.807, 2.05) is 0 Å². The van der Waals surface area contributed by atoms with Crippen LogP contribution in [-0.4, -0.2) is 10.8 Å². The van der Waals surface area contributed by atoms with E-state index in [1.54, 1.807) is 19.1 Å². The molecule has 0 radical (unpaired) electrons. The molecule has 0 fully saturated rings. The van der Waals surface area contributed by atoms with Crippen molar-refractivity contribution in [2.45, 2.75) is 6.92 Å². The Bertz CT molecular complexity index is 757. The molecular weight excluding hydrogens is 287 g/mol. The van der Waals surface area contributed by atoms with Crippen LogP contribution in [-0.2, 0) is 4.79 Å². The number of nitro groups is 1. The predicted octanol–water partition coefficient (Wildman–Crippen LogP) is 3.69. The smallest absolute Gasteiger partial charge is 0.276 e. The van der Waals surface area contributed by atoms with E-state index >= 15 is 0 Å². The van der Waals surface area contributed by atoms with Crippen LogP contribution in [0.25, 0.3) is 6.08 Å². The second kappa shape index (κ2) is 6.62. The fourth-order valence-corrected chi connectivity index (χ4v) is 1.87. The molecule has 0 atom stereocenters. The van der Waals surface area contributed by atoms with Crippen molar-refractivity contribution in [3.63, 3.8) is 0 Å². The number of nitrogens with one attached hydrogen (secondary N) is 1. The third-order valence-electron chi connectivity index (χ3n) is 2.93. The number of aryl methyl sites for hydroxylation is 1. The summed E-state index contributed by atoms with van der Waals surface area (Å²) in [6, 6.07) is 10.4. The van der Waals surface area contributed by atoms with Crippen LogP contribution in [0, 0.1) is 22.9 Å². The van der Waals surface area contributed by atoms with E-state index in [0.717, 1.165) is 11.6 Å². The number of nitrogens with zero attached hydrogens (tertiary/aromatic N) is 1. The standard InChI is InChI=1S/C16H13FN2O3/c1-11-6-8-13(17)14(10-11)18-16(20)9-7-12-4-2-3-5-15(12)19(21)22/h2-10H,1H3,(H,18,20)/b9-7+. The highest BCUT2D eigenvalue weighted by Crippen LogP contribution is 2.19. The monoisotopic (exact) mass is 300 g/mol. The fraction of sp³-hybridized carbons (Fsp3) is 0.0625. The highest BCUT2D eigenvalue weighted by molar-refractivity contribution is 6.02. The van der Waals surface area contributed by atoms with Crippen molar-refractivity contribution in [2.24, 2.45) is 0 Å². The summed E-state index contributed by atoms with van der Waals surface area (Å²) in [7, 11) is 0. The average molecular weight is 300 g/mol. The zero-order valence-corrected chi connectivity index (χ0v) is 11.7. The maximum atomic E-state index is 13.5. The summed E-state index contributed by atoms with van der Waals surface area (Å²) >= 11 is 0. The van der Waals surface area contributed by atoms with Crippen molar-refractivity contribution >= 4 is 23.4 Å². The lowest BCUT2D eigenvalue weighted by atomic mass is 10.1. The number of rotatable bonds is 4. The summed E-state index contributed by atoms with van der Waals surface area (Å²) in [5.41, 5.74) is 1.07. The molecule has 112 valence electrons. The lowest BCUT2D eigenvalue weighted by molar-refractivity contribution is -0.385. The van der Waals surface area contributed by atoms with E-state index in [0.29, 0.717) is 5.56 Å². The summed E-state index contributed by atoms with van der Waals surface area (Å²) in [4.78, 5) is 22.1. The molecule has 6 heteroatoms. The van der Waals surface area contributed by atoms with Crippen molar-refractivity contribution < 1.29 is 14.1 Å². The molecular formula is C16H13FN2O3. The highest BCUT2D eigenvalue weighted by Gasteiger charge is 2.10. The van der Waals surface area contributed by atoms with Crippen LogP contribution in [0.15, 0.2) is 48.5 Å². The molecule has 2 rings (SSSR count). The van der Waals surface area contributed by atoms with E-state index < -0.39 is 16.6 Å². The first-order valence-electron chi connectivity index (χ1n) is 6.46. The highest BCUT2D eigenvalue weighted by atomic mass is 19.1. The van der Waals surface area contributed by atoms with Gasteiger partial charge < -0.3 is 5.32 Å². The molecule has 0 saturated carbocycles. The maximum Gasteiger partial charge on any atom is 0.276 e. The molecule has 0 unspecified atom stereocenters. The Hall–Kier alpha value is -3.02. The number of nitro benzene ring substituents is 1. The van der Waals surface area contributed by atoms with Gasteiger partial charge in [-0.3, -0.25) is 14.9 Å². The second-order valence-electron chi connectivity index (χ2n) is 4.62. The van der Waals surface area contributed by atoms with Gasteiger partial charge >= 0.3 is 0 Å². The predicted molar refractivity (Wildman–Crippen MR) is 81.9 cm³/mol. The Balaban J connectivity index is 2.15. The van der Waals surface area contributed by atoms with Gasteiger partial charge in [0.2, 0.25) is 5.91 Å². The van der Waals surface area contributed by atoms with E-state index in [4.69, 9.17) is 0 Å². The normalized spacial score (nSPS) is 10.6. The zero-order valence-electron chi connectivity index (χ0n) is 11.7. The first-order valence-corrected chi connectivity index (χ1v) is 6.46. The SMILES string of the molecule is Cc1ccc(F)c(NC(=O)/C=C/c2ccccc2[N+](=O)[O-])c1. The van der Waals surface area contributed by atoms with Crippen LogP contribution in [0.5, 0.6) is 0 Å². The molecule has 0 spiro atoms. The molecule has 5 nitrogen and oxygen atoms in total. The number of benzene rings is 2. The number of para-hydroxylation sites is 1. The molecule has 1 amide bonds. The number of hydrogen-bond donors (Lipinski definition) is 1.